The summed E-state index contributed by atoms with van der Waals surface area (Å²) < 4.78 is 0. The Morgan fingerprint density at radius 1 is 1.19 bits per heavy atom. The average molecular weight is 212 g/mol. The van der Waals surface area contributed by atoms with Gasteiger partial charge >= 0.3 is 0 Å². The van der Waals surface area contributed by atoms with Gasteiger partial charge in [0.15, 0.2) is 0 Å². The molecule has 2 nitrogen and oxygen atoms in total. The van der Waals surface area contributed by atoms with Crippen molar-refractivity contribution in [3.63, 3.8) is 0 Å². The molecule has 0 N–H and O–H groups in total. The standard InChI is InChI=1S/C14H16N2/c15-8-12-2-4-13(5-3-12)9-16-10-14(11-16)6-1-7-14/h2-5H,1,6-7,9-11H2. The van der Waals surface area contributed by atoms with Crippen molar-refractivity contribution in [2.24, 2.45) is 5.41 Å². The van der Waals surface area contributed by atoms with Crippen molar-refractivity contribution in [1.82, 2.24) is 4.90 Å². The van der Waals surface area contributed by atoms with Gasteiger partial charge in [-0.15, -0.1) is 0 Å². The Morgan fingerprint density at radius 3 is 2.38 bits per heavy atom. The number of hydrogen-bond donors (Lipinski definition) is 0. The van der Waals surface area contributed by atoms with Gasteiger partial charge in [-0.3, -0.25) is 4.90 Å². The Morgan fingerprint density at radius 2 is 1.88 bits per heavy atom. The molecule has 1 aliphatic carbocycles. The van der Waals surface area contributed by atoms with Crippen LogP contribution in [-0.2, 0) is 6.54 Å². The molecular weight excluding hydrogens is 196 g/mol. The van der Waals surface area contributed by atoms with Crippen LogP contribution in [0.25, 0.3) is 0 Å². The third-order valence-electron chi connectivity index (χ3n) is 4.02. The number of rotatable bonds is 2. The minimum Gasteiger partial charge on any atom is -0.298 e. The second-order valence-electron chi connectivity index (χ2n) is 5.31. The van der Waals surface area contributed by atoms with Crippen molar-refractivity contribution in [1.29, 1.82) is 5.26 Å². The predicted octanol–water partition coefficient (Wildman–Crippen LogP) is 2.54. The topological polar surface area (TPSA) is 27.0 Å². The smallest absolute Gasteiger partial charge is 0.0991 e. The maximum absolute atomic E-state index is 8.72. The average Bonchev–Trinajstić information content (AvgIpc) is 2.21. The van der Waals surface area contributed by atoms with E-state index >= 15 is 0 Å². The van der Waals surface area contributed by atoms with Crippen LogP contribution in [0.2, 0.25) is 0 Å². The van der Waals surface area contributed by atoms with Gasteiger partial charge in [0.2, 0.25) is 0 Å². The third-order valence-corrected chi connectivity index (χ3v) is 4.02. The number of nitrogens with zero attached hydrogens (tertiary/aromatic N) is 2. The van der Waals surface area contributed by atoms with Crippen LogP contribution in [-0.4, -0.2) is 18.0 Å². The summed E-state index contributed by atoms with van der Waals surface area (Å²) in [6.45, 7) is 3.62. The molecule has 2 aliphatic rings. The van der Waals surface area contributed by atoms with E-state index in [0.29, 0.717) is 5.41 Å². The molecule has 0 bridgehead atoms. The van der Waals surface area contributed by atoms with Crippen molar-refractivity contribution in [3.05, 3.63) is 35.4 Å². The molecule has 0 amide bonds. The minimum atomic E-state index is 0.715. The SMILES string of the molecule is N#Cc1ccc(CN2CC3(CCC3)C2)cc1. The van der Waals surface area contributed by atoms with Gasteiger partial charge in [0.1, 0.15) is 0 Å². The van der Waals surface area contributed by atoms with Gasteiger partial charge in [-0.25, -0.2) is 0 Å². The lowest BCUT2D eigenvalue weighted by Crippen LogP contribution is -2.58. The van der Waals surface area contributed by atoms with Crippen LogP contribution in [0.4, 0.5) is 0 Å². The van der Waals surface area contributed by atoms with E-state index < -0.39 is 0 Å². The molecule has 1 aliphatic heterocycles. The fraction of sp³-hybridized carbons (Fsp3) is 0.500. The Balaban J connectivity index is 1.57. The first-order valence-corrected chi connectivity index (χ1v) is 6.01. The zero-order valence-electron chi connectivity index (χ0n) is 9.45. The van der Waals surface area contributed by atoms with Gasteiger partial charge in [0.25, 0.3) is 0 Å². The highest BCUT2D eigenvalue weighted by Crippen LogP contribution is 2.48. The fourth-order valence-electron chi connectivity index (χ4n) is 2.95. The summed E-state index contributed by atoms with van der Waals surface area (Å²) in [5, 5.41) is 8.72. The Hall–Kier alpha value is -1.33. The Kier molecular flexibility index (Phi) is 2.22. The number of likely N-dealkylation sites (tertiary alicyclic amines) is 1. The molecule has 16 heavy (non-hydrogen) atoms. The maximum Gasteiger partial charge on any atom is 0.0991 e. The zero-order chi connectivity index (χ0) is 11.0. The summed E-state index contributed by atoms with van der Waals surface area (Å²) in [4.78, 5) is 2.51. The van der Waals surface area contributed by atoms with Gasteiger partial charge in [-0.05, 0) is 36.0 Å². The van der Waals surface area contributed by atoms with Crippen molar-refractivity contribution in [2.45, 2.75) is 25.8 Å². The summed E-state index contributed by atoms with van der Waals surface area (Å²) >= 11 is 0. The van der Waals surface area contributed by atoms with Crippen molar-refractivity contribution in [3.8, 4) is 6.07 Å². The molecule has 1 heterocycles. The first kappa shape index (κ1) is 9.86. The molecule has 1 saturated heterocycles. The third kappa shape index (κ3) is 1.62. The quantitative estimate of drug-likeness (QED) is 0.753. The normalized spacial score (nSPS) is 22.2. The van der Waals surface area contributed by atoms with E-state index in [1.807, 2.05) is 12.1 Å². The van der Waals surface area contributed by atoms with Crippen LogP contribution in [0.5, 0.6) is 0 Å². The molecule has 0 radical (unpaired) electrons. The van der Waals surface area contributed by atoms with Crippen LogP contribution in [0.1, 0.15) is 30.4 Å². The van der Waals surface area contributed by atoms with E-state index in [1.165, 1.54) is 37.9 Å². The molecule has 2 fully saturated rings. The predicted molar refractivity (Wildman–Crippen MR) is 62.7 cm³/mol. The lowest BCUT2D eigenvalue weighted by Gasteiger charge is -2.56. The first-order chi connectivity index (χ1) is 7.80. The molecule has 82 valence electrons. The lowest BCUT2D eigenvalue weighted by atomic mass is 9.63. The fourth-order valence-corrected chi connectivity index (χ4v) is 2.95. The number of hydrogen-bond acceptors (Lipinski definition) is 2. The van der Waals surface area contributed by atoms with Crippen molar-refractivity contribution >= 4 is 0 Å². The number of benzene rings is 1. The van der Waals surface area contributed by atoms with E-state index in [0.717, 1.165) is 12.1 Å². The van der Waals surface area contributed by atoms with Gasteiger partial charge in [0.05, 0.1) is 11.6 Å². The highest BCUT2D eigenvalue weighted by molar-refractivity contribution is 5.31. The molecule has 1 aromatic rings. The van der Waals surface area contributed by atoms with Gasteiger partial charge in [-0.1, -0.05) is 18.6 Å². The minimum absolute atomic E-state index is 0.715. The Bertz CT molecular complexity index is 415. The van der Waals surface area contributed by atoms with Gasteiger partial charge in [0, 0.05) is 19.6 Å². The molecular formula is C14H16N2. The van der Waals surface area contributed by atoms with E-state index in [4.69, 9.17) is 5.26 Å². The summed E-state index contributed by atoms with van der Waals surface area (Å²) in [5.41, 5.74) is 2.79. The lowest BCUT2D eigenvalue weighted by molar-refractivity contribution is -0.0645. The highest BCUT2D eigenvalue weighted by Gasteiger charge is 2.46. The van der Waals surface area contributed by atoms with E-state index in [2.05, 4.69) is 23.1 Å². The number of nitriles is 1. The molecule has 0 atom stereocenters. The van der Waals surface area contributed by atoms with Crippen LogP contribution >= 0.6 is 0 Å². The maximum atomic E-state index is 8.72. The van der Waals surface area contributed by atoms with Crippen LogP contribution < -0.4 is 0 Å². The Labute approximate surface area is 96.5 Å². The van der Waals surface area contributed by atoms with E-state index in [1.54, 1.807) is 0 Å². The largest absolute Gasteiger partial charge is 0.298 e. The summed E-state index contributed by atoms with van der Waals surface area (Å²) in [7, 11) is 0. The zero-order valence-corrected chi connectivity index (χ0v) is 9.45. The molecule has 0 aromatic heterocycles. The molecule has 1 spiro atoms. The monoisotopic (exact) mass is 212 g/mol. The molecule has 1 aromatic carbocycles. The second-order valence-corrected chi connectivity index (χ2v) is 5.31. The highest BCUT2D eigenvalue weighted by atomic mass is 15.2. The van der Waals surface area contributed by atoms with E-state index in [-0.39, 0.29) is 0 Å². The summed E-state index contributed by atoms with van der Waals surface area (Å²) in [5.74, 6) is 0. The van der Waals surface area contributed by atoms with Crippen LogP contribution in [0, 0.1) is 16.7 Å². The first-order valence-electron chi connectivity index (χ1n) is 6.01. The van der Waals surface area contributed by atoms with Crippen LogP contribution in [0.3, 0.4) is 0 Å². The van der Waals surface area contributed by atoms with Gasteiger partial charge < -0.3 is 0 Å². The van der Waals surface area contributed by atoms with Crippen molar-refractivity contribution in [2.75, 3.05) is 13.1 Å². The van der Waals surface area contributed by atoms with Crippen molar-refractivity contribution < 1.29 is 0 Å². The summed E-state index contributed by atoms with van der Waals surface area (Å²) in [6.07, 6.45) is 4.32. The molecule has 1 saturated carbocycles. The van der Waals surface area contributed by atoms with Gasteiger partial charge in [-0.2, -0.15) is 5.26 Å². The summed E-state index contributed by atoms with van der Waals surface area (Å²) in [6, 6.07) is 10.1. The van der Waals surface area contributed by atoms with E-state index in [9.17, 15) is 0 Å². The van der Waals surface area contributed by atoms with Crippen LogP contribution in [0.15, 0.2) is 24.3 Å². The molecule has 0 unspecified atom stereocenters. The molecule has 3 rings (SSSR count). The molecule has 2 heteroatoms. The second kappa shape index (κ2) is 3.61.